The van der Waals surface area contributed by atoms with E-state index in [4.69, 9.17) is 4.74 Å². The topological polar surface area (TPSA) is 43.2 Å². The average Bonchev–Trinajstić information content (AvgIpc) is 3.32. The molecule has 5 nitrogen and oxygen atoms in total. The molecule has 0 aliphatic heterocycles. The van der Waals surface area contributed by atoms with Crippen LogP contribution in [0.3, 0.4) is 0 Å². The fourth-order valence-electron chi connectivity index (χ4n) is 4.81. The van der Waals surface area contributed by atoms with E-state index in [0.29, 0.717) is 33.2 Å². The highest BCUT2D eigenvalue weighted by atomic mass is 19.4. The minimum Gasteiger partial charge on any atom is -0.378 e. The molecular weight excluding hydrogens is 496 g/mol. The van der Waals surface area contributed by atoms with Gasteiger partial charge in [0.15, 0.2) is 0 Å². The molecule has 38 heavy (non-hydrogen) atoms. The Bertz CT molecular complexity index is 1660. The van der Waals surface area contributed by atoms with Gasteiger partial charge in [0.2, 0.25) is 5.60 Å². The molecule has 0 radical (unpaired) electrons. The SMILES string of the molecule is C=C(c1cnc2ccccc2c1C(OC)(c1ccc2c(cnn2-c2ccc(F)cc2)c1)C(F)(F)F)N(C)C. The molecule has 5 aromatic rings. The van der Waals surface area contributed by atoms with E-state index >= 15 is 13.2 Å². The van der Waals surface area contributed by atoms with Gasteiger partial charge in [-0.1, -0.05) is 30.8 Å². The summed E-state index contributed by atoms with van der Waals surface area (Å²) < 4.78 is 66.6. The molecule has 0 spiro atoms. The summed E-state index contributed by atoms with van der Waals surface area (Å²) in [5, 5.41) is 5.10. The van der Waals surface area contributed by atoms with Gasteiger partial charge >= 0.3 is 6.18 Å². The van der Waals surface area contributed by atoms with Gasteiger partial charge in [-0.05, 0) is 48.0 Å². The fraction of sp³-hybridized carbons (Fsp3) is 0.172. The van der Waals surface area contributed by atoms with Crippen LogP contribution >= 0.6 is 0 Å². The van der Waals surface area contributed by atoms with Crippen LogP contribution in [0, 0.1) is 5.82 Å². The van der Waals surface area contributed by atoms with Gasteiger partial charge in [-0.2, -0.15) is 18.3 Å². The Morgan fingerprint density at radius 2 is 1.68 bits per heavy atom. The molecule has 0 fully saturated rings. The second-order valence-electron chi connectivity index (χ2n) is 9.09. The lowest BCUT2D eigenvalue weighted by Gasteiger charge is -2.38. The Hall–Kier alpha value is -4.24. The number of methoxy groups -OCH3 is 1. The van der Waals surface area contributed by atoms with E-state index < -0.39 is 17.6 Å². The largest absolute Gasteiger partial charge is 0.426 e. The molecule has 0 N–H and O–H groups in total. The summed E-state index contributed by atoms with van der Waals surface area (Å²) in [6.45, 7) is 4.03. The molecule has 0 aliphatic carbocycles. The molecule has 2 heterocycles. The quantitative estimate of drug-likeness (QED) is 0.234. The Balaban J connectivity index is 1.82. The van der Waals surface area contributed by atoms with Crippen molar-refractivity contribution in [3.63, 3.8) is 0 Å². The van der Waals surface area contributed by atoms with Gasteiger partial charge in [-0.15, -0.1) is 0 Å². The number of hydrogen-bond donors (Lipinski definition) is 0. The first-order valence-electron chi connectivity index (χ1n) is 11.7. The average molecular weight is 521 g/mol. The number of alkyl halides is 3. The van der Waals surface area contributed by atoms with Crippen molar-refractivity contribution in [2.24, 2.45) is 0 Å². The number of pyridine rings is 1. The summed E-state index contributed by atoms with van der Waals surface area (Å²) in [6.07, 6.45) is -1.98. The Kier molecular flexibility index (Phi) is 6.19. The number of ether oxygens (including phenoxy) is 1. The van der Waals surface area contributed by atoms with Crippen molar-refractivity contribution in [1.82, 2.24) is 19.7 Å². The van der Waals surface area contributed by atoms with Crippen LogP contribution in [0.1, 0.15) is 16.7 Å². The predicted octanol–water partition coefficient (Wildman–Crippen LogP) is 6.70. The Morgan fingerprint density at radius 1 is 0.974 bits per heavy atom. The summed E-state index contributed by atoms with van der Waals surface area (Å²) in [5.74, 6) is -0.401. The molecule has 1 atom stereocenters. The van der Waals surface area contributed by atoms with Crippen LogP contribution in [-0.4, -0.2) is 47.0 Å². The zero-order valence-corrected chi connectivity index (χ0v) is 20.9. The third-order valence-electron chi connectivity index (χ3n) is 6.73. The Labute approximate surface area is 216 Å². The molecule has 5 rings (SSSR count). The van der Waals surface area contributed by atoms with E-state index in [-0.39, 0.29) is 16.7 Å². The van der Waals surface area contributed by atoms with Crippen molar-refractivity contribution in [1.29, 1.82) is 0 Å². The third-order valence-corrected chi connectivity index (χ3v) is 6.73. The van der Waals surface area contributed by atoms with Gasteiger partial charge in [-0.25, -0.2) is 9.07 Å². The number of aromatic nitrogens is 3. The fourth-order valence-corrected chi connectivity index (χ4v) is 4.81. The van der Waals surface area contributed by atoms with Crippen LogP contribution < -0.4 is 0 Å². The molecule has 0 bridgehead atoms. The second-order valence-corrected chi connectivity index (χ2v) is 9.09. The van der Waals surface area contributed by atoms with Crippen molar-refractivity contribution >= 4 is 27.5 Å². The molecule has 0 amide bonds. The zero-order chi connectivity index (χ0) is 27.2. The van der Waals surface area contributed by atoms with Gasteiger partial charge in [0.1, 0.15) is 5.82 Å². The summed E-state index contributed by atoms with van der Waals surface area (Å²) in [5.41, 5.74) is -0.962. The van der Waals surface area contributed by atoms with Crippen LogP contribution in [0.4, 0.5) is 17.6 Å². The number of halogens is 4. The molecule has 0 aliphatic rings. The first kappa shape index (κ1) is 25.4. The van der Waals surface area contributed by atoms with Crippen LogP contribution in [0.15, 0.2) is 85.7 Å². The van der Waals surface area contributed by atoms with Crippen molar-refractivity contribution < 1.29 is 22.3 Å². The minimum absolute atomic E-state index is 0.0953. The summed E-state index contributed by atoms with van der Waals surface area (Å²) >= 11 is 0. The number of nitrogens with zero attached hydrogens (tertiary/aromatic N) is 4. The van der Waals surface area contributed by atoms with Crippen molar-refractivity contribution in [2.45, 2.75) is 11.8 Å². The van der Waals surface area contributed by atoms with E-state index in [1.807, 2.05) is 0 Å². The first-order valence-corrected chi connectivity index (χ1v) is 11.7. The highest BCUT2D eigenvalue weighted by Gasteiger charge is 2.60. The summed E-state index contributed by atoms with van der Waals surface area (Å²) in [7, 11) is 4.47. The number of fused-ring (bicyclic) bond motifs is 2. The van der Waals surface area contributed by atoms with Crippen LogP contribution in [0.2, 0.25) is 0 Å². The first-order chi connectivity index (χ1) is 18.1. The van der Waals surface area contributed by atoms with Gasteiger partial charge in [-0.3, -0.25) is 4.98 Å². The maximum absolute atomic E-state index is 15.4. The lowest BCUT2D eigenvalue weighted by molar-refractivity contribution is -0.258. The second kappa shape index (κ2) is 9.25. The number of para-hydroxylation sites is 1. The molecule has 2 aromatic heterocycles. The maximum Gasteiger partial charge on any atom is 0.426 e. The number of rotatable bonds is 6. The molecule has 3 aromatic carbocycles. The van der Waals surface area contributed by atoms with Crippen molar-refractivity contribution in [3.05, 3.63) is 108 Å². The van der Waals surface area contributed by atoms with Gasteiger partial charge in [0.25, 0.3) is 0 Å². The van der Waals surface area contributed by atoms with E-state index in [0.717, 1.165) is 7.11 Å². The summed E-state index contributed by atoms with van der Waals surface area (Å²) in [6, 6.07) is 16.7. The zero-order valence-electron chi connectivity index (χ0n) is 20.9. The highest BCUT2D eigenvalue weighted by Crippen LogP contribution is 2.51. The molecular formula is C29H24F4N4O. The van der Waals surface area contributed by atoms with E-state index in [1.165, 1.54) is 36.7 Å². The predicted molar refractivity (Wildman–Crippen MR) is 139 cm³/mol. The van der Waals surface area contributed by atoms with Gasteiger partial charge in [0.05, 0.1) is 22.9 Å². The van der Waals surface area contributed by atoms with Crippen molar-refractivity contribution in [2.75, 3.05) is 21.2 Å². The monoisotopic (exact) mass is 520 g/mol. The molecule has 9 heteroatoms. The van der Waals surface area contributed by atoms with Crippen LogP contribution in [0.25, 0.3) is 33.2 Å². The minimum atomic E-state index is -4.87. The number of hydrogen-bond acceptors (Lipinski definition) is 4. The molecule has 0 saturated heterocycles. The van der Waals surface area contributed by atoms with E-state index in [2.05, 4.69) is 16.7 Å². The smallest absolute Gasteiger partial charge is 0.378 e. The van der Waals surface area contributed by atoms with Crippen molar-refractivity contribution in [3.8, 4) is 5.69 Å². The molecule has 194 valence electrons. The molecule has 0 saturated carbocycles. The lowest BCUT2D eigenvalue weighted by Crippen LogP contribution is -2.46. The highest BCUT2D eigenvalue weighted by molar-refractivity contribution is 5.89. The van der Waals surface area contributed by atoms with Crippen LogP contribution in [-0.2, 0) is 10.3 Å². The van der Waals surface area contributed by atoms with Gasteiger partial charge < -0.3 is 9.64 Å². The molecule has 1 unspecified atom stereocenters. The van der Waals surface area contributed by atoms with Gasteiger partial charge in [0, 0.05) is 55.0 Å². The standard InChI is InChI=1S/C29H24F4N4O/c1-18(36(2)3)24-17-34-25-8-6-5-7-23(25)27(24)28(38-4,29(31,32)33)20-9-14-26-19(15-20)16-35-37(26)22-12-10-21(30)11-13-22/h5-17H,1H2,2-4H3. The lowest BCUT2D eigenvalue weighted by atomic mass is 9.80. The third kappa shape index (κ3) is 3.90. The Morgan fingerprint density at radius 3 is 2.34 bits per heavy atom. The normalized spacial score (nSPS) is 13.6. The summed E-state index contributed by atoms with van der Waals surface area (Å²) in [4.78, 5) is 6.05. The van der Waals surface area contributed by atoms with E-state index in [9.17, 15) is 4.39 Å². The van der Waals surface area contributed by atoms with E-state index in [1.54, 1.807) is 66.1 Å². The van der Waals surface area contributed by atoms with Crippen LogP contribution in [0.5, 0.6) is 0 Å². The number of benzene rings is 3. The maximum atomic E-state index is 15.4.